The van der Waals surface area contributed by atoms with Gasteiger partial charge in [0, 0.05) is 5.38 Å². The summed E-state index contributed by atoms with van der Waals surface area (Å²) >= 11 is 1.33. The number of thiazole rings is 1. The van der Waals surface area contributed by atoms with Crippen molar-refractivity contribution in [1.29, 1.82) is 0 Å². The quantitative estimate of drug-likeness (QED) is 0.639. The van der Waals surface area contributed by atoms with Crippen LogP contribution < -0.4 is 5.32 Å². The first-order chi connectivity index (χ1) is 8.50. The Bertz CT molecular complexity index is 573. The maximum atomic E-state index is 11.1. The highest BCUT2D eigenvalue weighted by molar-refractivity contribution is 7.15. The van der Waals surface area contributed by atoms with E-state index >= 15 is 0 Å². The van der Waals surface area contributed by atoms with Gasteiger partial charge in [-0.1, -0.05) is 18.3 Å². The number of aliphatic hydroxyl groups is 1. The molecule has 1 atom stereocenters. The maximum absolute atomic E-state index is 11.1. The van der Waals surface area contributed by atoms with E-state index in [0.717, 1.165) is 0 Å². The van der Waals surface area contributed by atoms with Crippen LogP contribution in [-0.2, 0) is 0 Å². The number of hydrogen-bond acceptors (Lipinski definition) is 6. The van der Waals surface area contributed by atoms with Crippen LogP contribution in [0.1, 0.15) is 20.3 Å². The fourth-order valence-electron chi connectivity index (χ4n) is 1.56. The maximum Gasteiger partial charge on any atom is 0.372 e. The van der Waals surface area contributed by atoms with Crippen molar-refractivity contribution in [1.82, 2.24) is 9.38 Å². The lowest BCUT2D eigenvalue weighted by atomic mass is 10.0. The number of nitrogens with one attached hydrogen (secondary N) is 1. The third-order valence-electron chi connectivity index (χ3n) is 2.96. The summed E-state index contributed by atoms with van der Waals surface area (Å²) in [6, 6.07) is 0. The Kier molecular flexibility index (Phi) is 3.22. The van der Waals surface area contributed by atoms with E-state index in [1.165, 1.54) is 15.7 Å². The molecule has 18 heavy (non-hydrogen) atoms. The second kappa shape index (κ2) is 4.54. The van der Waals surface area contributed by atoms with Crippen molar-refractivity contribution in [2.45, 2.75) is 25.8 Å². The Hall–Kier alpha value is -1.67. The molecule has 0 spiro atoms. The Morgan fingerprint density at radius 3 is 3.00 bits per heavy atom. The molecule has 2 aromatic rings. The molecule has 2 N–H and O–H groups in total. The molecule has 0 aliphatic carbocycles. The molecule has 2 aromatic heterocycles. The van der Waals surface area contributed by atoms with Crippen LogP contribution in [0.2, 0.25) is 0 Å². The minimum atomic E-state index is -0.616. The van der Waals surface area contributed by atoms with E-state index in [9.17, 15) is 15.2 Å². The molecule has 0 radical (unpaired) electrons. The van der Waals surface area contributed by atoms with E-state index in [1.54, 1.807) is 18.5 Å². The molecule has 8 heteroatoms. The zero-order chi connectivity index (χ0) is 13.3. The van der Waals surface area contributed by atoms with Crippen LogP contribution in [0.25, 0.3) is 4.96 Å². The standard InChI is InChI=1S/C10H14N4O3S/c1-3-10(2,6-15)12-7-8(14(16)17)13-4-5-18-9(13)11-7/h4-5,12,15H,3,6H2,1-2H3. The second-order valence-electron chi connectivity index (χ2n) is 4.29. The molecule has 7 nitrogen and oxygen atoms in total. The Labute approximate surface area is 107 Å². The summed E-state index contributed by atoms with van der Waals surface area (Å²) in [4.78, 5) is 15.4. The summed E-state index contributed by atoms with van der Waals surface area (Å²) in [5.74, 6) is 0.102. The van der Waals surface area contributed by atoms with Crippen molar-refractivity contribution in [2.24, 2.45) is 0 Å². The fraction of sp³-hybridized carbons (Fsp3) is 0.500. The van der Waals surface area contributed by atoms with Gasteiger partial charge in [0.2, 0.25) is 5.82 Å². The normalized spacial score (nSPS) is 14.6. The minimum Gasteiger partial charge on any atom is -0.394 e. The first-order valence-corrected chi connectivity index (χ1v) is 6.37. The molecular formula is C10H14N4O3S. The monoisotopic (exact) mass is 270 g/mol. The lowest BCUT2D eigenvalue weighted by Crippen LogP contribution is -2.38. The van der Waals surface area contributed by atoms with Crippen LogP contribution in [0, 0.1) is 10.1 Å². The molecule has 0 amide bonds. The van der Waals surface area contributed by atoms with Crippen LogP contribution in [0.3, 0.4) is 0 Å². The number of rotatable bonds is 5. The van der Waals surface area contributed by atoms with Gasteiger partial charge in [0.15, 0.2) is 0 Å². The van der Waals surface area contributed by atoms with Crippen molar-refractivity contribution in [3.8, 4) is 0 Å². The number of anilines is 1. The number of nitro groups is 1. The highest BCUT2D eigenvalue weighted by Gasteiger charge is 2.29. The first-order valence-electron chi connectivity index (χ1n) is 5.49. The van der Waals surface area contributed by atoms with Crippen molar-refractivity contribution in [3.63, 3.8) is 0 Å². The van der Waals surface area contributed by atoms with Crippen molar-refractivity contribution >= 4 is 27.9 Å². The van der Waals surface area contributed by atoms with Gasteiger partial charge in [-0.3, -0.25) is 0 Å². The highest BCUT2D eigenvalue weighted by Crippen LogP contribution is 2.30. The van der Waals surface area contributed by atoms with Gasteiger partial charge in [0.1, 0.15) is 6.20 Å². The van der Waals surface area contributed by atoms with Gasteiger partial charge in [-0.05, 0) is 18.3 Å². The average molecular weight is 270 g/mol. The summed E-state index contributed by atoms with van der Waals surface area (Å²) in [7, 11) is 0. The van der Waals surface area contributed by atoms with Crippen molar-refractivity contribution in [2.75, 3.05) is 11.9 Å². The summed E-state index contributed by atoms with van der Waals surface area (Å²) in [5, 5.41) is 25.1. The van der Waals surface area contributed by atoms with Gasteiger partial charge in [-0.25, -0.2) is 0 Å². The first kappa shape index (κ1) is 12.8. The van der Waals surface area contributed by atoms with E-state index in [2.05, 4.69) is 10.3 Å². The van der Waals surface area contributed by atoms with E-state index < -0.39 is 10.5 Å². The molecule has 0 bridgehead atoms. The Morgan fingerprint density at radius 1 is 1.72 bits per heavy atom. The zero-order valence-corrected chi connectivity index (χ0v) is 10.9. The van der Waals surface area contributed by atoms with Gasteiger partial charge in [-0.2, -0.15) is 9.38 Å². The van der Waals surface area contributed by atoms with Crippen LogP contribution >= 0.6 is 11.3 Å². The molecule has 0 saturated heterocycles. The van der Waals surface area contributed by atoms with Crippen LogP contribution in [-0.4, -0.2) is 31.6 Å². The molecule has 0 aromatic carbocycles. The molecule has 1 unspecified atom stereocenters. The van der Waals surface area contributed by atoms with Gasteiger partial charge in [-0.15, -0.1) is 0 Å². The minimum absolute atomic E-state index is 0.0978. The van der Waals surface area contributed by atoms with Crippen molar-refractivity contribution in [3.05, 3.63) is 21.7 Å². The third-order valence-corrected chi connectivity index (χ3v) is 3.72. The summed E-state index contributed by atoms with van der Waals surface area (Å²) in [5.41, 5.74) is -0.616. The van der Waals surface area contributed by atoms with Crippen molar-refractivity contribution < 1.29 is 10.0 Å². The molecule has 0 saturated carbocycles. The predicted octanol–water partition coefficient (Wildman–Crippen LogP) is 1.88. The number of hydrogen-bond donors (Lipinski definition) is 2. The number of aromatic nitrogens is 2. The predicted molar refractivity (Wildman–Crippen MR) is 69.1 cm³/mol. The van der Waals surface area contributed by atoms with Gasteiger partial charge >= 0.3 is 5.82 Å². The number of nitrogens with zero attached hydrogens (tertiary/aromatic N) is 3. The smallest absolute Gasteiger partial charge is 0.372 e. The van der Waals surface area contributed by atoms with E-state index in [1.807, 2.05) is 6.92 Å². The number of aliphatic hydroxyl groups excluding tert-OH is 1. The summed E-state index contributed by atoms with van der Waals surface area (Å²) < 4.78 is 1.43. The third kappa shape index (κ3) is 2.04. The molecule has 0 aliphatic rings. The fourth-order valence-corrected chi connectivity index (χ4v) is 2.27. The summed E-state index contributed by atoms with van der Waals surface area (Å²) in [6.07, 6.45) is 2.24. The molecule has 0 fully saturated rings. The Morgan fingerprint density at radius 2 is 2.44 bits per heavy atom. The van der Waals surface area contributed by atoms with Crippen LogP contribution in [0.5, 0.6) is 0 Å². The van der Waals surface area contributed by atoms with Gasteiger partial charge in [0.25, 0.3) is 4.96 Å². The second-order valence-corrected chi connectivity index (χ2v) is 5.17. The van der Waals surface area contributed by atoms with E-state index in [4.69, 9.17) is 0 Å². The number of fused-ring (bicyclic) bond motifs is 1. The van der Waals surface area contributed by atoms with Gasteiger partial charge in [0.05, 0.1) is 12.1 Å². The molecule has 2 heterocycles. The molecule has 0 aliphatic heterocycles. The van der Waals surface area contributed by atoms with E-state index in [-0.39, 0.29) is 18.2 Å². The highest BCUT2D eigenvalue weighted by atomic mass is 32.1. The summed E-state index contributed by atoms with van der Waals surface area (Å²) in [6.45, 7) is 3.57. The molecular weight excluding hydrogens is 256 g/mol. The average Bonchev–Trinajstić information content (AvgIpc) is 2.88. The molecule has 98 valence electrons. The topological polar surface area (TPSA) is 92.7 Å². The van der Waals surface area contributed by atoms with E-state index in [0.29, 0.717) is 11.4 Å². The lowest BCUT2D eigenvalue weighted by Gasteiger charge is -2.26. The zero-order valence-electron chi connectivity index (χ0n) is 10.1. The van der Waals surface area contributed by atoms with Crippen LogP contribution in [0.15, 0.2) is 11.6 Å². The SMILES string of the molecule is CCC(C)(CO)Nc1nc2sccn2c1[N+](=O)[O-]. The Balaban J connectivity index is 2.47. The van der Waals surface area contributed by atoms with Gasteiger partial charge < -0.3 is 20.5 Å². The largest absolute Gasteiger partial charge is 0.394 e. The van der Waals surface area contributed by atoms with Crippen LogP contribution in [0.4, 0.5) is 11.6 Å². The lowest BCUT2D eigenvalue weighted by molar-refractivity contribution is -0.389. The molecule has 2 rings (SSSR count). The number of imidazole rings is 1.